The van der Waals surface area contributed by atoms with Crippen molar-refractivity contribution in [2.45, 2.75) is 0 Å². The zero-order valence-electron chi connectivity index (χ0n) is 12.6. The van der Waals surface area contributed by atoms with E-state index in [1.54, 1.807) is 36.5 Å². The monoisotopic (exact) mass is 316 g/mol. The first-order valence-electron chi connectivity index (χ1n) is 7.52. The normalized spacial score (nSPS) is 10.9. The van der Waals surface area contributed by atoms with Crippen LogP contribution < -0.4 is 0 Å². The van der Waals surface area contributed by atoms with Crippen LogP contribution in [0.5, 0.6) is 5.75 Å². The quantitative estimate of drug-likeness (QED) is 0.577. The molecule has 1 N–H and O–H groups in total. The summed E-state index contributed by atoms with van der Waals surface area (Å²) < 4.78 is 14.6. The first-order chi connectivity index (χ1) is 11.7. The molecule has 0 amide bonds. The molecule has 0 aliphatic rings. The van der Waals surface area contributed by atoms with Gasteiger partial charge in [0, 0.05) is 5.56 Å². The Balaban J connectivity index is 1.94. The number of para-hydroxylation sites is 2. The summed E-state index contributed by atoms with van der Waals surface area (Å²) in [5.41, 5.74) is 3.88. The molecular formula is C20H13FN2O. The van der Waals surface area contributed by atoms with Gasteiger partial charge in [-0.3, -0.25) is 4.98 Å². The number of rotatable bonds is 2. The van der Waals surface area contributed by atoms with Gasteiger partial charge >= 0.3 is 0 Å². The van der Waals surface area contributed by atoms with E-state index in [9.17, 15) is 9.50 Å². The Morgan fingerprint density at radius 2 is 1.54 bits per heavy atom. The van der Waals surface area contributed by atoms with Gasteiger partial charge < -0.3 is 5.11 Å². The average Bonchev–Trinajstić information content (AvgIpc) is 2.62. The minimum absolute atomic E-state index is 0.169. The molecule has 0 radical (unpaired) electrons. The molecule has 4 heteroatoms. The van der Waals surface area contributed by atoms with E-state index in [1.165, 1.54) is 6.07 Å². The highest BCUT2D eigenvalue weighted by Gasteiger charge is 2.14. The summed E-state index contributed by atoms with van der Waals surface area (Å²) in [6.45, 7) is 0. The molecule has 24 heavy (non-hydrogen) atoms. The fourth-order valence-electron chi connectivity index (χ4n) is 2.74. The van der Waals surface area contributed by atoms with Crippen LogP contribution in [-0.2, 0) is 0 Å². The van der Waals surface area contributed by atoms with Crippen LogP contribution in [0, 0.1) is 5.82 Å². The molecule has 0 saturated heterocycles. The van der Waals surface area contributed by atoms with Crippen LogP contribution in [0.15, 0.2) is 72.9 Å². The van der Waals surface area contributed by atoms with Crippen LogP contribution in [0.3, 0.4) is 0 Å². The fourth-order valence-corrected chi connectivity index (χ4v) is 2.74. The van der Waals surface area contributed by atoms with Crippen molar-refractivity contribution in [2.75, 3.05) is 0 Å². The summed E-state index contributed by atoms with van der Waals surface area (Å²) in [7, 11) is 0. The molecule has 0 aliphatic heterocycles. The number of nitrogens with zero attached hydrogens (tertiary/aromatic N) is 2. The highest BCUT2D eigenvalue weighted by atomic mass is 19.1. The number of phenols is 1. The Kier molecular flexibility index (Phi) is 3.43. The summed E-state index contributed by atoms with van der Waals surface area (Å²) >= 11 is 0. The van der Waals surface area contributed by atoms with Gasteiger partial charge in [0.25, 0.3) is 0 Å². The van der Waals surface area contributed by atoms with Crippen molar-refractivity contribution >= 4 is 11.0 Å². The summed E-state index contributed by atoms with van der Waals surface area (Å²) in [6.07, 6.45) is 1.59. The second kappa shape index (κ2) is 5.74. The Labute approximate surface area is 138 Å². The second-order valence-electron chi connectivity index (χ2n) is 5.45. The molecule has 0 atom stereocenters. The van der Waals surface area contributed by atoms with Crippen molar-refractivity contribution in [3.8, 4) is 28.1 Å². The molecule has 4 aromatic rings. The maximum Gasteiger partial charge on any atom is 0.133 e. The molecule has 1 heterocycles. The molecule has 3 nitrogen and oxygen atoms in total. The lowest BCUT2D eigenvalue weighted by Crippen LogP contribution is -1.94. The van der Waals surface area contributed by atoms with Gasteiger partial charge in [0.15, 0.2) is 0 Å². The third kappa shape index (κ3) is 2.48. The van der Waals surface area contributed by atoms with E-state index in [-0.39, 0.29) is 11.6 Å². The highest BCUT2D eigenvalue weighted by Crippen LogP contribution is 2.34. The summed E-state index contributed by atoms with van der Waals surface area (Å²) in [6, 6.07) is 19.1. The molecule has 0 aliphatic carbocycles. The largest absolute Gasteiger partial charge is 0.508 e. The molecule has 0 bridgehead atoms. The predicted octanol–water partition coefficient (Wildman–Crippen LogP) is 4.81. The number of hydrogen-bond donors (Lipinski definition) is 1. The van der Waals surface area contributed by atoms with Gasteiger partial charge in [-0.25, -0.2) is 9.37 Å². The minimum Gasteiger partial charge on any atom is -0.508 e. The number of hydrogen-bond acceptors (Lipinski definition) is 3. The molecule has 116 valence electrons. The first kappa shape index (κ1) is 14.3. The van der Waals surface area contributed by atoms with E-state index in [2.05, 4.69) is 9.97 Å². The van der Waals surface area contributed by atoms with Gasteiger partial charge in [-0.05, 0) is 41.5 Å². The van der Waals surface area contributed by atoms with Gasteiger partial charge in [0.2, 0.25) is 0 Å². The Bertz CT molecular complexity index is 1030. The lowest BCUT2D eigenvalue weighted by Gasteiger charge is -2.11. The third-order valence-corrected chi connectivity index (χ3v) is 3.90. The third-order valence-electron chi connectivity index (χ3n) is 3.90. The SMILES string of the molecule is Oc1ccc(-c2cccc(F)c2-c2cnc3ccccc3n2)cc1. The van der Waals surface area contributed by atoms with E-state index in [1.807, 2.05) is 30.3 Å². The number of fused-ring (bicyclic) bond motifs is 1. The van der Waals surface area contributed by atoms with Crippen molar-refractivity contribution in [3.05, 3.63) is 78.7 Å². The number of benzene rings is 3. The maximum atomic E-state index is 14.6. The highest BCUT2D eigenvalue weighted by molar-refractivity contribution is 5.85. The summed E-state index contributed by atoms with van der Waals surface area (Å²) in [4.78, 5) is 8.94. The number of phenolic OH excluding ortho intramolecular Hbond substituents is 1. The number of halogens is 1. The van der Waals surface area contributed by atoms with Crippen molar-refractivity contribution in [2.24, 2.45) is 0 Å². The van der Waals surface area contributed by atoms with E-state index in [0.29, 0.717) is 16.8 Å². The Morgan fingerprint density at radius 3 is 2.33 bits per heavy atom. The van der Waals surface area contributed by atoms with Crippen molar-refractivity contribution in [3.63, 3.8) is 0 Å². The van der Waals surface area contributed by atoms with Gasteiger partial charge in [0.1, 0.15) is 11.6 Å². The van der Waals surface area contributed by atoms with Crippen molar-refractivity contribution in [1.29, 1.82) is 0 Å². The Morgan fingerprint density at radius 1 is 0.792 bits per heavy atom. The van der Waals surface area contributed by atoms with E-state index < -0.39 is 0 Å². The second-order valence-corrected chi connectivity index (χ2v) is 5.45. The van der Waals surface area contributed by atoms with Gasteiger partial charge in [-0.1, -0.05) is 36.4 Å². The zero-order valence-corrected chi connectivity index (χ0v) is 12.6. The van der Waals surface area contributed by atoms with E-state index in [4.69, 9.17) is 0 Å². The van der Waals surface area contributed by atoms with E-state index in [0.717, 1.165) is 16.6 Å². The van der Waals surface area contributed by atoms with E-state index >= 15 is 0 Å². The van der Waals surface area contributed by atoms with Crippen molar-refractivity contribution in [1.82, 2.24) is 9.97 Å². The molecular weight excluding hydrogens is 303 g/mol. The summed E-state index contributed by atoms with van der Waals surface area (Å²) in [5.74, 6) is -0.188. The lowest BCUT2D eigenvalue weighted by atomic mass is 9.97. The average molecular weight is 316 g/mol. The first-order valence-corrected chi connectivity index (χ1v) is 7.52. The van der Waals surface area contributed by atoms with Crippen LogP contribution >= 0.6 is 0 Å². The van der Waals surface area contributed by atoms with Gasteiger partial charge in [-0.2, -0.15) is 0 Å². The topological polar surface area (TPSA) is 46.0 Å². The smallest absolute Gasteiger partial charge is 0.133 e. The van der Waals surface area contributed by atoms with Crippen LogP contribution in [0.25, 0.3) is 33.4 Å². The Hall–Kier alpha value is -3.27. The molecule has 0 fully saturated rings. The van der Waals surface area contributed by atoms with Gasteiger partial charge in [0.05, 0.1) is 22.9 Å². The van der Waals surface area contributed by atoms with Crippen LogP contribution in [0.2, 0.25) is 0 Å². The molecule has 0 spiro atoms. The molecule has 4 rings (SSSR count). The van der Waals surface area contributed by atoms with Gasteiger partial charge in [-0.15, -0.1) is 0 Å². The van der Waals surface area contributed by atoms with Crippen LogP contribution in [0.1, 0.15) is 0 Å². The van der Waals surface area contributed by atoms with Crippen LogP contribution in [0.4, 0.5) is 4.39 Å². The molecule has 3 aromatic carbocycles. The predicted molar refractivity (Wildman–Crippen MR) is 92.0 cm³/mol. The molecule has 1 aromatic heterocycles. The molecule has 0 saturated carbocycles. The minimum atomic E-state index is -0.356. The number of aromatic hydroxyl groups is 1. The number of aromatic nitrogens is 2. The molecule has 0 unspecified atom stereocenters. The standard InChI is InChI=1S/C20H13FN2O/c21-16-5-3-4-15(13-8-10-14(24)11-9-13)20(16)19-12-22-17-6-1-2-7-18(17)23-19/h1-12,24H. The van der Waals surface area contributed by atoms with Crippen LogP contribution in [-0.4, -0.2) is 15.1 Å². The zero-order chi connectivity index (χ0) is 16.5. The fraction of sp³-hybridized carbons (Fsp3) is 0. The van der Waals surface area contributed by atoms with Crippen molar-refractivity contribution < 1.29 is 9.50 Å². The lowest BCUT2D eigenvalue weighted by molar-refractivity contribution is 0.475. The maximum absolute atomic E-state index is 14.6. The summed E-state index contributed by atoms with van der Waals surface area (Å²) in [5, 5.41) is 9.47.